The van der Waals surface area contributed by atoms with Crippen molar-refractivity contribution in [1.29, 1.82) is 0 Å². The number of nitrogens with one attached hydrogen (secondary N) is 1. The first-order valence-electron chi connectivity index (χ1n) is 7.63. The van der Waals surface area contributed by atoms with Crippen molar-refractivity contribution < 1.29 is 9.53 Å². The number of ether oxygens (including phenoxy) is 1. The Bertz CT molecular complexity index is 793. The molecule has 0 unspecified atom stereocenters. The minimum Gasteiger partial charge on any atom is -0.494 e. The van der Waals surface area contributed by atoms with Gasteiger partial charge in [-0.1, -0.05) is 35.3 Å². The van der Waals surface area contributed by atoms with Crippen molar-refractivity contribution in [3.63, 3.8) is 0 Å². The summed E-state index contributed by atoms with van der Waals surface area (Å²) in [6.07, 6.45) is 0.899. The lowest BCUT2D eigenvalue weighted by Gasteiger charge is -2.26. The molecule has 126 valence electrons. The standard InChI is InChI=1S/C18H18Cl2N2O2/c1-22-7-6-13-11(10-22)4-3-5-16(13)21-18(23)14-8-12(19)9-15(20)17(14)24-2/h3-5,8-9H,6-7,10H2,1-2H3,(H,21,23). The van der Waals surface area contributed by atoms with Crippen molar-refractivity contribution in [1.82, 2.24) is 4.90 Å². The van der Waals surface area contributed by atoms with Crippen molar-refractivity contribution >= 4 is 34.8 Å². The van der Waals surface area contributed by atoms with Gasteiger partial charge in [0.2, 0.25) is 0 Å². The highest BCUT2D eigenvalue weighted by Gasteiger charge is 2.20. The highest BCUT2D eigenvalue weighted by molar-refractivity contribution is 6.36. The number of methoxy groups -OCH3 is 1. The number of anilines is 1. The molecule has 0 fully saturated rings. The summed E-state index contributed by atoms with van der Waals surface area (Å²) in [7, 11) is 3.57. The molecule has 6 heteroatoms. The van der Waals surface area contributed by atoms with Crippen LogP contribution in [0.1, 0.15) is 21.5 Å². The number of benzene rings is 2. The number of carbonyl (C=O) groups is 1. The van der Waals surface area contributed by atoms with E-state index in [1.807, 2.05) is 12.1 Å². The minimum atomic E-state index is -0.288. The minimum absolute atomic E-state index is 0.288. The van der Waals surface area contributed by atoms with Gasteiger partial charge >= 0.3 is 0 Å². The second-order valence-electron chi connectivity index (χ2n) is 5.85. The van der Waals surface area contributed by atoms with Gasteiger partial charge in [0, 0.05) is 23.8 Å². The molecule has 1 amide bonds. The van der Waals surface area contributed by atoms with Crippen LogP contribution in [0.2, 0.25) is 10.0 Å². The van der Waals surface area contributed by atoms with E-state index in [-0.39, 0.29) is 5.91 Å². The molecular formula is C18H18Cl2N2O2. The highest BCUT2D eigenvalue weighted by Crippen LogP contribution is 2.33. The van der Waals surface area contributed by atoms with E-state index in [4.69, 9.17) is 27.9 Å². The van der Waals surface area contributed by atoms with E-state index in [0.29, 0.717) is 21.4 Å². The Kier molecular flexibility index (Phi) is 4.99. The van der Waals surface area contributed by atoms with E-state index < -0.39 is 0 Å². The third-order valence-corrected chi connectivity index (χ3v) is 4.66. The topological polar surface area (TPSA) is 41.6 Å². The molecule has 1 heterocycles. The van der Waals surface area contributed by atoms with Gasteiger partial charge in [0.25, 0.3) is 5.91 Å². The molecule has 24 heavy (non-hydrogen) atoms. The molecule has 1 aliphatic heterocycles. The summed E-state index contributed by atoms with van der Waals surface area (Å²) in [6, 6.07) is 9.08. The van der Waals surface area contributed by atoms with Crippen molar-refractivity contribution in [2.45, 2.75) is 13.0 Å². The quantitative estimate of drug-likeness (QED) is 0.885. The van der Waals surface area contributed by atoms with Gasteiger partial charge in [0.1, 0.15) is 5.75 Å². The summed E-state index contributed by atoms with van der Waals surface area (Å²) in [5.74, 6) is 0.0340. The fraction of sp³-hybridized carbons (Fsp3) is 0.278. The SMILES string of the molecule is COc1c(Cl)cc(Cl)cc1C(=O)Nc1cccc2c1CCN(C)C2. The molecule has 4 nitrogen and oxygen atoms in total. The third-order valence-electron chi connectivity index (χ3n) is 4.16. The van der Waals surface area contributed by atoms with Gasteiger partial charge in [-0.05, 0) is 42.8 Å². The van der Waals surface area contributed by atoms with Gasteiger partial charge < -0.3 is 15.0 Å². The molecule has 0 saturated heterocycles. The van der Waals surface area contributed by atoms with Gasteiger partial charge in [-0.2, -0.15) is 0 Å². The van der Waals surface area contributed by atoms with Crippen LogP contribution in [0.25, 0.3) is 0 Å². The molecule has 2 aromatic carbocycles. The molecule has 1 N–H and O–H groups in total. The van der Waals surface area contributed by atoms with Crippen molar-refractivity contribution in [3.05, 3.63) is 57.1 Å². The van der Waals surface area contributed by atoms with Gasteiger partial charge in [0.05, 0.1) is 17.7 Å². The monoisotopic (exact) mass is 364 g/mol. The molecule has 2 aromatic rings. The van der Waals surface area contributed by atoms with E-state index in [1.165, 1.54) is 18.2 Å². The zero-order valence-corrected chi connectivity index (χ0v) is 15.0. The van der Waals surface area contributed by atoms with Crippen LogP contribution in [0.4, 0.5) is 5.69 Å². The summed E-state index contributed by atoms with van der Waals surface area (Å²) in [4.78, 5) is 15.0. The number of hydrogen-bond donors (Lipinski definition) is 1. The van der Waals surface area contributed by atoms with Crippen LogP contribution in [0.3, 0.4) is 0 Å². The van der Waals surface area contributed by atoms with E-state index in [1.54, 1.807) is 12.1 Å². The normalized spacial score (nSPS) is 14.2. The maximum Gasteiger partial charge on any atom is 0.259 e. The first kappa shape index (κ1) is 17.1. The zero-order chi connectivity index (χ0) is 17.3. The molecule has 0 bridgehead atoms. The van der Waals surface area contributed by atoms with Gasteiger partial charge in [0.15, 0.2) is 0 Å². The number of rotatable bonds is 3. The Morgan fingerprint density at radius 1 is 1.29 bits per heavy atom. The summed E-state index contributed by atoms with van der Waals surface area (Å²) >= 11 is 12.2. The molecule has 1 aliphatic rings. The number of carbonyl (C=O) groups excluding carboxylic acids is 1. The Morgan fingerprint density at radius 3 is 2.83 bits per heavy atom. The Balaban J connectivity index is 1.93. The van der Waals surface area contributed by atoms with Crippen LogP contribution in [0, 0.1) is 0 Å². The lowest BCUT2D eigenvalue weighted by molar-refractivity contribution is 0.102. The molecule has 0 radical (unpaired) electrons. The second-order valence-corrected chi connectivity index (χ2v) is 6.70. The predicted molar refractivity (Wildman–Crippen MR) is 97.4 cm³/mol. The number of hydrogen-bond acceptors (Lipinski definition) is 3. The Morgan fingerprint density at radius 2 is 2.08 bits per heavy atom. The Hall–Kier alpha value is -1.75. The number of likely N-dealkylation sites (N-methyl/N-ethyl adjacent to an activating group) is 1. The fourth-order valence-electron chi connectivity index (χ4n) is 2.99. The molecule has 3 rings (SSSR count). The van der Waals surface area contributed by atoms with Crippen molar-refractivity contribution in [3.8, 4) is 5.75 Å². The molecule has 0 atom stereocenters. The predicted octanol–water partition coefficient (Wildman–Crippen LogP) is 4.24. The molecule has 0 saturated carbocycles. The van der Waals surface area contributed by atoms with E-state index in [0.717, 1.165) is 25.2 Å². The highest BCUT2D eigenvalue weighted by atomic mass is 35.5. The summed E-state index contributed by atoms with van der Waals surface area (Å²) < 4.78 is 5.26. The lowest BCUT2D eigenvalue weighted by Crippen LogP contribution is -2.27. The Labute approximate surface area is 151 Å². The summed E-state index contributed by atoms with van der Waals surface area (Å²) in [5.41, 5.74) is 3.55. The molecule has 0 aromatic heterocycles. The van der Waals surface area contributed by atoms with Gasteiger partial charge in [-0.3, -0.25) is 4.79 Å². The van der Waals surface area contributed by atoms with Crippen LogP contribution in [-0.2, 0) is 13.0 Å². The molecule has 0 spiro atoms. The average molecular weight is 365 g/mol. The van der Waals surface area contributed by atoms with Crippen LogP contribution in [0.15, 0.2) is 30.3 Å². The first-order chi connectivity index (χ1) is 11.5. The maximum absolute atomic E-state index is 12.7. The average Bonchev–Trinajstić information content (AvgIpc) is 2.54. The van der Waals surface area contributed by atoms with Gasteiger partial charge in [-0.15, -0.1) is 0 Å². The van der Waals surface area contributed by atoms with Crippen molar-refractivity contribution in [2.24, 2.45) is 0 Å². The molecular weight excluding hydrogens is 347 g/mol. The summed E-state index contributed by atoms with van der Waals surface area (Å²) in [6.45, 7) is 1.84. The largest absolute Gasteiger partial charge is 0.494 e. The smallest absolute Gasteiger partial charge is 0.259 e. The second kappa shape index (κ2) is 7.01. The zero-order valence-electron chi connectivity index (χ0n) is 13.5. The number of amides is 1. The van der Waals surface area contributed by atoms with Crippen LogP contribution < -0.4 is 10.1 Å². The number of fused-ring (bicyclic) bond motifs is 1. The van der Waals surface area contributed by atoms with Crippen LogP contribution >= 0.6 is 23.2 Å². The summed E-state index contributed by atoms with van der Waals surface area (Å²) in [5, 5.41) is 3.68. The number of halogens is 2. The lowest BCUT2D eigenvalue weighted by atomic mass is 9.98. The fourth-order valence-corrected chi connectivity index (χ4v) is 3.56. The third kappa shape index (κ3) is 3.36. The number of nitrogens with zero attached hydrogens (tertiary/aromatic N) is 1. The van der Waals surface area contributed by atoms with Crippen molar-refractivity contribution in [2.75, 3.05) is 26.0 Å². The van der Waals surface area contributed by atoms with Gasteiger partial charge in [-0.25, -0.2) is 0 Å². The van der Waals surface area contributed by atoms with Crippen LogP contribution in [0.5, 0.6) is 5.75 Å². The van der Waals surface area contributed by atoms with E-state index in [9.17, 15) is 4.79 Å². The van der Waals surface area contributed by atoms with Crippen LogP contribution in [-0.4, -0.2) is 31.5 Å². The first-order valence-corrected chi connectivity index (χ1v) is 8.39. The van der Waals surface area contributed by atoms with E-state index in [2.05, 4.69) is 23.3 Å². The maximum atomic E-state index is 12.7. The molecule has 0 aliphatic carbocycles. The van der Waals surface area contributed by atoms with E-state index >= 15 is 0 Å².